The fourth-order valence-corrected chi connectivity index (χ4v) is 3.34. The summed E-state index contributed by atoms with van der Waals surface area (Å²) in [5.41, 5.74) is 10.7. The van der Waals surface area contributed by atoms with E-state index in [4.69, 9.17) is 15.9 Å². The van der Waals surface area contributed by atoms with Crippen molar-refractivity contribution in [3.63, 3.8) is 0 Å². The van der Waals surface area contributed by atoms with Crippen molar-refractivity contribution >= 4 is 39.7 Å². The van der Waals surface area contributed by atoms with Gasteiger partial charge in [0.25, 0.3) is 11.8 Å². The van der Waals surface area contributed by atoms with Crippen LogP contribution in [0.1, 0.15) is 65.9 Å². The highest BCUT2D eigenvalue weighted by Crippen LogP contribution is 2.25. The number of hydrogen-bond acceptors (Lipinski definition) is 7. The van der Waals surface area contributed by atoms with Crippen molar-refractivity contribution < 1.29 is 23.9 Å². The maximum absolute atomic E-state index is 12.7. The SMILES string of the molecule is CC[C@H](C)[C@H](NC(=O)c1cncc(Br)c1)c1nc(C(=O)N[C@@H](CCCN=C(N)N)C(=O)O)co1. The summed E-state index contributed by atoms with van der Waals surface area (Å²) < 4.78 is 6.15. The van der Waals surface area contributed by atoms with Crippen molar-refractivity contribution in [1.29, 1.82) is 0 Å². The van der Waals surface area contributed by atoms with E-state index in [-0.39, 0.29) is 42.3 Å². The number of amides is 2. The lowest BCUT2D eigenvalue weighted by molar-refractivity contribution is -0.139. The van der Waals surface area contributed by atoms with E-state index in [1.165, 1.54) is 6.20 Å². The van der Waals surface area contributed by atoms with Crippen LogP contribution in [0.5, 0.6) is 0 Å². The summed E-state index contributed by atoms with van der Waals surface area (Å²) in [5, 5.41) is 14.7. The highest BCUT2D eigenvalue weighted by atomic mass is 79.9. The lowest BCUT2D eigenvalue weighted by atomic mass is 9.98. The lowest BCUT2D eigenvalue weighted by Gasteiger charge is -2.21. The first kappa shape index (κ1) is 26.8. The average molecular weight is 538 g/mol. The molecule has 0 aromatic carbocycles. The molecule has 12 nitrogen and oxygen atoms in total. The average Bonchev–Trinajstić information content (AvgIpc) is 3.28. The van der Waals surface area contributed by atoms with Crippen LogP contribution in [-0.4, -0.2) is 51.4 Å². The number of nitrogens with one attached hydrogen (secondary N) is 2. The van der Waals surface area contributed by atoms with Crippen LogP contribution < -0.4 is 22.1 Å². The fourth-order valence-electron chi connectivity index (χ4n) is 2.97. The van der Waals surface area contributed by atoms with Crippen LogP contribution in [0, 0.1) is 5.92 Å². The molecule has 0 aliphatic rings. The first-order valence-corrected chi connectivity index (χ1v) is 11.4. The first-order chi connectivity index (χ1) is 16.1. The molecule has 2 amide bonds. The van der Waals surface area contributed by atoms with Crippen molar-refractivity contribution in [2.45, 2.75) is 45.2 Å². The largest absolute Gasteiger partial charge is 0.480 e. The van der Waals surface area contributed by atoms with Gasteiger partial charge in [0.15, 0.2) is 11.7 Å². The monoisotopic (exact) mass is 537 g/mol. The van der Waals surface area contributed by atoms with Gasteiger partial charge in [-0.15, -0.1) is 0 Å². The van der Waals surface area contributed by atoms with Crippen LogP contribution in [-0.2, 0) is 4.79 Å². The molecule has 3 atom stereocenters. The number of guanidine groups is 1. The molecule has 2 heterocycles. The number of nitrogens with two attached hydrogens (primary N) is 2. The number of carbonyl (C=O) groups is 3. The molecule has 0 saturated heterocycles. The van der Waals surface area contributed by atoms with Gasteiger partial charge in [0.05, 0.1) is 5.56 Å². The minimum absolute atomic E-state index is 0.0686. The number of carboxylic acid groups (broad SMARTS) is 1. The Hall–Kier alpha value is -3.48. The zero-order valence-corrected chi connectivity index (χ0v) is 20.4. The second-order valence-electron chi connectivity index (χ2n) is 7.61. The van der Waals surface area contributed by atoms with Gasteiger partial charge in [-0.2, -0.15) is 0 Å². The Morgan fingerprint density at radius 1 is 1.24 bits per heavy atom. The van der Waals surface area contributed by atoms with E-state index in [1.54, 1.807) is 12.3 Å². The van der Waals surface area contributed by atoms with Crippen molar-refractivity contribution in [3.05, 3.63) is 46.3 Å². The van der Waals surface area contributed by atoms with Gasteiger partial charge in [-0.25, -0.2) is 9.78 Å². The number of halogens is 1. The maximum atomic E-state index is 12.7. The smallest absolute Gasteiger partial charge is 0.326 e. The Morgan fingerprint density at radius 2 is 1.97 bits per heavy atom. The molecular formula is C21H28BrN7O5. The molecule has 34 heavy (non-hydrogen) atoms. The summed E-state index contributed by atoms with van der Waals surface area (Å²) in [5.74, 6) is -2.32. The summed E-state index contributed by atoms with van der Waals surface area (Å²) in [7, 11) is 0. The first-order valence-electron chi connectivity index (χ1n) is 10.6. The number of oxazole rings is 1. The van der Waals surface area contributed by atoms with Crippen LogP contribution in [0.4, 0.5) is 0 Å². The Morgan fingerprint density at radius 3 is 2.59 bits per heavy atom. The Bertz CT molecular complexity index is 1040. The number of rotatable bonds is 12. The van der Waals surface area contributed by atoms with Gasteiger partial charge in [0.2, 0.25) is 5.89 Å². The number of aliphatic carboxylic acids is 1. The molecular weight excluding hydrogens is 510 g/mol. The Labute approximate surface area is 204 Å². The van der Waals surface area contributed by atoms with Gasteiger partial charge >= 0.3 is 5.97 Å². The molecule has 0 unspecified atom stereocenters. The fraction of sp³-hybridized carbons (Fsp3) is 0.429. The number of nitrogens with zero attached hydrogens (tertiary/aromatic N) is 3. The van der Waals surface area contributed by atoms with Crippen molar-refractivity contribution in [3.8, 4) is 0 Å². The molecule has 184 valence electrons. The predicted octanol–water partition coefficient (Wildman–Crippen LogP) is 1.59. The van der Waals surface area contributed by atoms with Gasteiger partial charge < -0.3 is 31.6 Å². The molecule has 0 aliphatic heterocycles. The maximum Gasteiger partial charge on any atom is 0.326 e. The quantitative estimate of drug-likeness (QED) is 0.151. The molecule has 0 spiro atoms. The molecule has 2 rings (SSSR count). The topological polar surface area (TPSA) is 199 Å². The van der Waals surface area contributed by atoms with Crippen LogP contribution in [0.2, 0.25) is 0 Å². The second kappa shape index (κ2) is 12.7. The molecule has 0 saturated carbocycles. The van der Waals surface area contributed by atoms with E-state index >= 15 is 0 Å². The van der Waals surface area contributed by atoms with Crippen molar-refractivity contribution in [2.75, 3.05) is 6.54 Å². The summed E-state index contributed by atoms with van der Waals surface area (Å²) in [6, 6.07) is -0.146. The van der Waals surface area contributed by atoms with Crippen molar-refractivity contribution in [2.24, 2.45) is 22.4 Å². The van der Waals surface area contributed by atoms with Gasteiger partial charge in [0.1, 0.15) is 18.3 Å². The second-order valence-corrected chi connectivity index (χ2v) is 8.53. The third-order valence-electron chi connectivity index (χ3n) is 5.04. The third-order valence-corrected chi connectivity index (χ3v) is 5.47. The van der Waals surface area contributed by atoms with E-state index in [0.717, 1.165) is 6.26 Å². The summed E-state index contributed by atoms with van der Waals surface area (Å²) in [6.45, 7) is 4.09. The summed E-state index contributed by atoms with van der Waals surface area (Å²) >= 11 is 3.28. The number of aromatic nitrogens is 2. The van der Waals surface area contributed by atoms with E-state index in [0.29, 0.717) is 22.9 Å². The molecule has 0 bridgehead atoms. The highest BCUT2D eigenvalue weighted by molar-refractivity contribution is 9.10. The van der Waals surface area contributed by atoms with E-state index in [2.05, 4.69) is 41.5 Å². The van der Waals surface area contributed by atoms with Gasteiger partial charge in [0, 0.05) is 23.4 Å². The molecule has 2 aromatic rings. The number of aliphatic imine (C=N–C) groups is 1. The molecule has 0 radical (unpaired) electrons. The minimum atomic E-state index is -1.20. The zero-order valence-electron chi connectivity index (χ0n) is 18.8. The van der Waals surface area contributed by atoms with Crippen LogP contribution in [0.3, 0.4) is 0 Å². The van der Waals surface area contributed by atoms with Crippen LogP contribution in [0.15, 0.2) is 38.6 Å². The predicted molar refractivity (Wildman–Crippen MR) is 127 cm³/mol. The molecule has 0 aliphatic carbocycles. The van der Waals surface area contributed by atoms with Crippen LogP contribution in [0.25, 0.3) is 0 Å². The van der Waals surface area contributed by atoms with Gasteiger partial charge in [-0.1, -0.05) is 20.3 Å². The molecule has 0 fully saturated rings. The van der Waals surface area contributed by atoms with E-state index in [1.807, 2.05) is 13.8 Å². The normalized spacial score (nSPS) is 13.4. The van der Waals surface area contributed by atoms with Gasteiger partial charge in [-0.05, 0) is 40.8 Å². The Balaban J connectivity index is 2.11. The molecule has 13 heteroatoms. The summed E-state index contributed by atoms with van der Waals surface area (Å²) in [6.07, 6.45) is 5.29. The number of carbonyl (C=O) groups excluding carboxylic acids is 2. The van der Waals surface area contributed by atoms with Crippen LogP contribution >= 0.6 is 15.9 Å². The minimum Gasteiger partial charge on any atom is -0.480 e. The highest BCUT2D eigenvalue weighted by Gasteiger charge is 2.28. The molecule has 2 aromatic heterocycles. The Kier molecular flexibility index (Phi) is 9.98. The van der Waals surface area contributed by atoms with Crippen molar-refractivity contribution in [1.82, 2.24) is 20.6 Å². The summed E-state index contributed by atoms with van der Waals surface area (Å²) in [4.78, 5) is 48.8. The number of hydrogen-bond donors (Lipinski definition) is 5. The van der Waals surface area contributed by atoms with E-state index in [9.17, 15) is 19.5 Å². The zero-order chi connectivity index (χ0) is 25.3. The van der Waals surface area contributed by atoms with Gasteiger partial charge in [-0.3, -0.25) is 19.6 Å². The molecule has 7 N–H and O–H groups in total. The number of carboxylic acids is 1. The standard InChI is InChI=1S/C21H28BrN7O5/c1-3-11(2)16(29-17(30)12-7-13(22)9-25-8-12)19-28-15(10-34-19)18(31)27-14(20(32)33)5-4-6-26-21(23)24/h7-11,14,16H,3-6H2,1-2H3,(H,27,31)(H,29,30)(H,32,33)(H4,23,24,26)/t11-,14-,16-/m0/s1. The number of pyridine rings is 1. The van der Waals surface area contributed by atoms with E-state index < -0.39 is 24.0 Å². The lowest BCUT2D eigenvalue weighted by Crippen LogP contribution is -2.41. The third kappa shape index (κ3) is 7.83.